The van der Waals surface area contributed by atoms with Gasteiger partial charge in [-0.15, -0.1) is 0 Å². The lowest BCUT2D eigenvalue weighted by Gasteiger charge is -2.14. The smallest absolute Gasteiger partial charge is 0.346 e. The summed E-state index contributed by atoms with van der Waals surface area (Å²) in [6, 6.07) is 4.08. The highest BCUT2D eigenvalue weighted by Crippen LogP contribution is 2.31. The third kappa shape index (κ3) is 2.42. The molecule has 0 atom stereocenters. The molecule has 1 aromatic carbocycles. The monoisotopic (exact) mass is 251 g/mol. The van der Waals surface area contributed by atoms with Crippen molar-refractivity contribution in [1.82, 2.24) is 0 Å². The van der Waals surface area contributed by atoms with Crippen LogP contribution in [-0.2, 0) is 0 Å². The first kappa shape index (κ1) is 12.3. The number of aromatic carboxylic acids is 1. The largest absolute Gasteiger partial charge is 0.489 e. The van der Waals surface area contributed by atoms with Gasteiger partial charge in [0.15, 0.2) is 5.56 Å². The third-order valence-electron chi connectivity index (χ3n) is 3.01. The number of ether oxygens (including phenoxy) is 1. The van der Waals surface area contributed by atoms with E-state index in [1.165, 1.54) is 18.2 Å². The Kier molecular flexibility index (Phi) is 3.45. The summed E-state index contributed by atoms with van der Waals surface area (Å²) in [5.74, 6) is -1.25. The lowest BCUT2D eigenvalue weighted by Crippen LogP contribution is -2.14. The molecule has 1 aliphatic carbocycles. The molecule has 0 saturated heterocycles. The maximum Gasteiger partial charge on any atom is 0.346 e. The third-order valence-corrected chi connectivity index (χ3v) is 3.01. The van der Waals surface area contributed by atoms with Crippen LogP contribution in [0.3, 0.4) is 0 Å². The van der Waals surface area contributed by atoms with Crippen LogP contribution in [0.5, 0.6) is 5.75 Å². The molecule has 0 bridgehead atoms. The van der Waals surface area contributed by atoms with Gasteiger partial charge >= 0.3 is 5.97 Å². The van der Waals surface area contributed by atoms with Crippen LogP contribution in [0.15, 0.2) is 18.2 Å². The van der Waals surface area contributed by atoms with E-state index in [1.807, 2.05) is 0 Å². The molecule has 0 aromatic heterocycles. The fraction of sp³-hybridized carbons (Fsp3) is 0.417. The fourth-order valence-corrected chi connectivity index (χ4v) is 2.17. The minimum Gasteiger partial charge on any atom is -0.489 e. The van der Waals surface area contributed by atoms with Crippen LogP contribution in [0.1, 0.15) is 36.0 Å². The molecule has 0 unspecified atom stereocenters. The van der Waals surface area contributed by atoms with E-state index in [9.17, 15) is 14.9 Å². The van der Waals surface area contributed by atoms with Crippen molar-refractivity contribution in [3.8, 4) is 5.75 Å². The van der Waals surface area contributed by atoms with Gasteiger partial charge in [0, 0.05) is 6.07 Å². The number of carbonyl (C=O) groups is 1. The Bertz CT molecular complexity index is 479. The van der Waals surface area contributed by atoms with E-state index in [-0.39, 0.29) is 17.4 Å². The number of hydrogen-bond donors (Lipinski definition) is 1. The highest BCUT2D eigenvalue weighted by Gasteiger charge is 2.27. The van der Waals surface area contributed by atoms with E-state index < -0.39 is 16.6 Å². The molecular weight excluding hydrogens is 238 g/mol. The van der Waals surface area contributed by atoms with Crippen molar-refractivity contribution in [2.75, 3.05) is 0 Å². The first-order valence-electron chi connectivity index (χ1n) is 5.77. The summed E-state index contributed by atoms with van der Waals surface area (Å²) >= 11 is 0. The number of nitrogens with zero attached hydrogens (tertiary/aromatic N) is 1. The number of hydrogen-bond acceptors (Lipinski definition) is 4. The van der Waals surface area contributed by atoms with Gasteiger partial charge in [-0.1, -0.05) is 6.07 Å². The molecule has 1 saturated carbocycles. The summed E-state index contributed by atoms with van der Waals surface area (Å²) in [7, 11) is 0. The van der Waals surface area contributed by atoms with Gasteiger partial charge in [0.25, 0.3) is 5.69 Å². The van der Waals surface area contributed by atoms with Gasteiger partial charge in [-0.25, -0.2) is 4.79 Å². The first-order chi connectivity index (χ1) is 8.59. The highest BCUT2D eigenvalue weighted by molar-refractivity contribution is 5.95. The maximum atomic E-state index is 11.1. The second kappa shape index (κ2) is 5.03. The minimum atomic E-state index is -1.34. The van der Waals surface area contributed by atoms with Crippen molar-refractivity contribution in [3.63, 3.8) is 0 Å². The molecule has 6 nitrogen and oxygen atoms in total. The Hall–Kier alpha value is -2.11. The predicted molar refractivity (Wildman–Crippen MR) is 62.9 cm³/mol. The standard InChI is InChI=1S/C12H13NO5/c14-12(15)11-9(13(16)17)6-3-7-10(11)18-8-4-1-2-5-8/h3,6-8H,1-2,4-5H2,(H,14,15). The molecule has 6 heteroatoms. The Balaban J connectivity index is 2.36. The molecule has 18 heavy (non-hydrogen) atoms. The van der Waals surface area contributed by atoms with Crippen molar-refractivity contribution in [3.05, 3.63) is 33.9 Å². The normalized spacial score (nSPS) is 15.6. The zero-order chi connectivity index (χ0) is 13.1. The molecule has 0 radical (unpaired) electrons. The summed E-state index contributed by atoms with van der Waals surface area (Å²) < 4.78 is 5.57. The number of carboxylic acid groups (broad SMARTS) is 1. The van der Waals surface area contributed by atoms with Crippen LogP contribution in [0.25, 0.3) is 0 Å². The van der Waals surface area contributed by atoms with Gasteiger partial charge < -0.3 is 9.84 Å². The number of benzene rings is 1. The quantitative estimate of drug-likeness (QED) is 0.656. The van der Waals surface area contributed by atoms with Crippen LogP contribution >= 0.6 is 0 Å². The molecule has 0 heterocycles. The van der Waals surface area contributed by atoms with E-state index in [0.29, 0.717) is 0 Å². The Morgan fingerprint density at radius 3 is 2.61 bits per heavy atom. The molecule has 1 fully saturated rings. The second-order valence-electron chi connectivity index (χ2n) is 4.24. The molecule has 1 aliphatic rings. The summed E-state index contributed by atoms with van der Waals surface area (Å²) in [5.41, 5.74) is -0.799. The summed E-state index contributed by atoms with van der Waals surface area (Å²) in [6.07, 6.45) is 3.78. The van der Waals surface area contributed by atoms with Crippen molar-refractivity contribution in [2.45, 2.75) is 31.8 Å². The van der Waals surface area contributed by atoms with E-state index in [2.05, 4.69) is 0 Å². The van der Waals surface area contributed by atoms with Crippen molar-refractivity contribution >= 4 is 11.7 Å². The van der Waals surface area contributed by atoms with Crippen molar-refractivity contribution < 1.29 is 19.6 Å². The van der Waals surface area contributed by atoms with E-state index in [0.717, 1.165) is 25.7 Å². The molecule has 96 valence electrons. The van der Waals surface area contributed by atoms with Crippen LogP contribution < -0.4 is 4.74 Å². The molecule has 2 rings (SSSR count). The molecule has 1 N–H and O–H groups in total. The van der Waals surface area contributed by atoms with Crippen LogP contribution in [-0.4, -0.2) is 22.1 Å². The molecule has 0 amide bonds. The van der Waals surface area contributed by atoms with Crippen LogP contribution in [0, 0.1) is 10.1 Å². The topological polar surface area (TPSA) is 89.7 Å². The van der Waals surface area contributed by atoms with Gasteiger partial charge in [0.05, 0.1) is 11.0 Å². The lowest BCUT2D eigenvalue weighted by atomic mass is 10.1. The molecule has 0 aliphatic heterocycles. The zero-order valence-electron chi connectivity index (χ0n) is 9.67. The number of carboxylic acids is 1. The Morgan fingerprint density at radius 2 is 2.06 bits per heavy atom. The highest BCUT2D eigenvalue weighted by atomic mass is 16.6. The maximum absolute atomic E-state index is 11.1. The Morgan fingerprint density at radius 1 is 1.39 bits per heavy atom. The van der Waals surface area contributed by atoms with E-state index in [4.69, 9.17) is 9.84 Å². The van der Waals surface area contributed by atoms with E-state index >= 15 is 0 Å². The Labute approximate surface area is 103 Å². The predicted octanol–water partition coefficient (Wildman–Crippen LogP) is 2.61. The van der Waals surface area contributed by atoms with Crippen LogP contribution in [0.4, 0.5) is 5.69 Å². The summed E-state index contributed by atoms with van der Waals surface area (Å²) in [4.78, 5) is 21.2. The van der Waals surface area contributed by atoms with Gasteiger partial charge in [-0.3, -0.25) is 10.1 Å². The van der Waals surface area contributed by atoms with Gasteiger partial charge in [-0.05, 0) is 31.7 Å². The van der Waals surface area contributed by atoms with Crippen molar-refractivity contribution in [2.24, 2.45) is 0 Å². The minimum absolute atomic E-state index is 0.0369. The average molecular weight is 251 g/mol. The van der Waals surface area contributed by atoms with E-state index in [1.54, 1.807) is 0 Å². The summed E-state index contributed by atoms with van der Waals surface area (Å²) in [5, 5.41) is 19.9. The lowest BCUT2D eigenvalue weighted by molar-refractivity contribution is -0.385. The number of nitro benzene ring substituents is 1. The number of rotatable bonds is 4. The SMILES string of the molecule is O=C(O)c1c(OC2CCCC2)cccc1[N+](=O)[O-]. The zero-order valence-corrected chi connectivity index (χ0v) is 9.67. The average Bonchev–Trinajstić information content (AvgIpc) is 2.81. The van der Waals surface area contributed by atoms with Crippen molar-refractivity contribution in [1.29, 1.82) is 0 Å². The molecule has 1 aromatic rings. The van der Waals surface area contributed by atoms with Gasteiger partial charge in [0.1, 0.15) is 5.75 Å². The van der Waals surface area contributed by atoms with Crippen LogP contribution in [0.2, 0.25) is 0 Å². The molecule has 0 spiro atoms. The first-order valence-corrected chi connectivity index (χ1v) is 5.77. The number of nitro groups is 1. The van der Waals surface area contributed by atoms with Gasteiger partial charge in [-0.2, -0.15) is 0 Å². The fourth-order valence-electron chi connectivity index (χ4n) is 2.17. The van der Waals surface area contributed by atoms with Gasteiger partial charge in [0.2, 0.25) is 0 Å². The summed E-state index contributed by atoms with van der Waals surface area (Å²) in [6.45, 7) is 0. The second-order valence-corrected chi connectivity index (χ2v) is 4.24. The molecular formula is C12H13NO5.